The molecule has 16 heavy (non-hydrogen) atoms. The van der Waals surface area contributed by atoms with Gasteiger partial charge in [0.15, 0.2) is 5.84 Å². The number of aryl methyl sites for hydroxylation is 1. The molecule has 0 aliphatic rings. The normalized spacial score (nSPS) is 14.4. The Balaban J connectivity index is 2.60. The van der Waals surface area contributed by atoms with Crippen LogP contribution in [0.15, 0.2) is 17.3 Å². The largest absolute Gasteiger partial charge is 0.409 e. The molecule has 0 bridgehead atoms. The topological polar surface area (TPSA) is 61.8 Å². The molecule has 1 atom stereocenters. The van der Waals surface area contributed by atoms with Gasteiger partial charge >= 0.3 is 0 Å². The molecule has 0 aliphatic heterocycles. The molecule has 0 saturated heterocycles. The monoisotopic (exact) mass is 241 g/mol. The summed E-state index contributed by atoms with van der Waals surface area (Å²) in [4.78, 5) is 4.75. The summed E-state index contributed by atoms with van der Waals surface area (Å²) in [6, 6.07) is 4.23. The predicted octanol–water partition coefficient (Wildman–Crippen LogP) is 1.88. The molecule has 1 aromatic rings. The van der Waals surface area contributed by atoms with Gasteiger partial charge in [-0.25, -0.2) is 0 Å². The molecule has 0 aliphatic carbocycles. The molecule has 1 aromatic heterocycles. The van der Waals surface area contributed by atoms with Gasteiger partial charge in [0.05, 0.1) is 6.04 Å². The van der Waals surface area contributed by atoms with Crippen LogP contribution >= 0.6 is 11.3 Å². The molecule has 1 rings (SSSR count). The number of hydrogen-bond donors (Lipinski definition) is 2. The number of nitrogens with zero attached hydrogens (tertiary/aromatic N) is 2. The molecule has 0 fully saturated rings. The summed E-state index contributed by atoms with van der Waals surface area (Å²) in [6.45, 7) is 4.89. The van der Waals surface area contributed by atoms with Gasteiger partial charge < -0.3 is 10.9 Å². The second-order valence-electron chi connectivity index (χ2n) is 3.84. The van der Waals surface area contributed by atoms with Crippen LogP contribution in [0.4, 0.5) is 0 Å². The first-order chi connectivity index (χ1) is 7.58. The average molecular weight is 241 g/mol. The van der Waals surface area contributed by atoms with Crippen LogP contribution in [-0.2, 0) is 13.0 Å². The molecule has 0 saturated carbocycles. The van der Waals surface area contributed by atoms with Crippen LogP contribution in [0.1, 0.15) is 23.6 Å². The SMILES string of the molecule is CCc1ccc(CN(C)C(C)C(N)=NO)s1. The number of likely N-dealkylation sites (N-methyl/N-ethyl adjacent to an activating group) is 1. The summed E-state index contributed by atoms with van der Waals surface area (Å²) in [6.07, 6.45) is 1.07. The highest BCUT2D eigenvalue weighted by atomic mass is 32.1. The van der Waals surface area contributed by atoms with E-state index in [4.69, 9.17) is 10.9 Å². The zero-order valence-corrected chi connectivity index (χ0v) is 10.8. The molecule has 3 N–H and O–H groups in total. The summed E-state index contributed by atoms with van der Waals surface area (Å²) >= 11 is 1.81. The van der Waals surface area contributed by atoms with Crippen molar-refractivity contribution in [1.82, 2.24) is 4.90 Å². The number of rotatable bonds is 5. The van der Waals surface area contributed by atoms with E-state index in [0.29, 0.717) is 0 Å². The molecule has 0 amide bonds. The van der Waals surface area contributed by atoms with E-state index in [2.05, 4.69) is 29.1 Å². The van der Waals surface area contributed by atoms with E-state index in [9.17, 15) is 0 Å². The quantitative estimate of drug-likeness (QED) is 0.358. The zero-order valence-electron chi connectivity index (χ0n) is 9.97. The van der Waals surface area contributed by atoms with Crippen LogP contribution in [0, 0.1) is 0 Å². The number of hydrogen-bond acceptors (Lipinski definition) is 4. The Labute approximate surface area is 100 Å². The van der Waals surface area contributed by atoms with Crippen LogP contribution in [0.3, 0.4) is 0 Å². The van der Waals surface area contributed by atoms with E-state index < -0.39 is 0 Å². The van der Waals surface area contributed by atoms with Crippen molar-refractivity contribution >= 4 is 17.2 Å². The second-order valence-corrected chi connectivity index (χ2v) is 5.09. The van der Waals surface area contributed by atoms with Gasteiger partial charge in [-0.2, -0.15) is 0 Å². The van der Waals surface area contributed by atoms with Crippen molar-refractivity contribution in [3.8, 4) is 0 Å². The lowest BCUT2D eigenvalue weighted by atomic mass is 10.2. The van der Waals surface area contributed by atoms with Gasteiger partial charge in [-0.15, -0.1) is 11.3 Å². The highest BCUT2D eigenvalue weighted by molar-refractivity contribution is 7.11. The van der Waals surface area contributed by atoms with Crippen molar-refractivity contribution in [3.63, 3.8) is 0 Å². The lowest BCUT2D eigenvalue weighted by Crippen LogP contribution is -2.39. The van der Waals surface area contributed by atoms with Gasteiger partial charge in [-0.3, -0.25) is 4.90 Å². The maximum absolute atomic E-state index is 8.60. The van der Waals surface area contributed by atoms with Crippen molar-refractivity contribution < 1.29 is 5.21 Å². The standard InChI is InChI=1S/C11H19N3OS/c1-4-9-5-6-10(16-9)7-14(3)8(2)11(12)13-15/h5-6,8,15H,4,7H2,1-3H3,(H2,12,13). The van der Waals surface area contributed by atoms with Crippen molar-refractivity contribution in [1.29, 1.82) is 0 Å². The van der Waals surface area contributed by atoms with Gasteiger partial charge in [-0.05, 0) is 32.5 Å². The number of nitrogens with two attached hydrogens (primary N) is 1. The van der Waals surface area contributed by atoms with Crippen LogP contribution in [0.5, 0.6) is 0 Å². The lowest BCUT2D eigenvalue weighted by molar-refractivity contribution is 0.280. The minimum absolute atomic E-state index is 0.0582. The predicted molar refractivity (Wildman–Crippen MR) is 68.0 cm³/mol. The molecule has 5 heteroatoms. The first-order valence-corrected chi connectivity index (χ1v) is 6.15. The van der Waals surface area contributed by atoms with Crippen molar-refractivity contribution in [2.45, 2.75) is 32.9 Å². The van der Waals surface area contributed by atoms with Crippen molar-refractivity contribution in [2.24, 2.45) is 10.9 Å². The highest BCUT2D eigenvalue weighted by Gasteiger charge is 2.14. The summed E-state index contributed by atoms with van der Waals surface area (Å²) < 4.78 is 0. The minimum Gasteiger partial charge on any atom is -0.409 e. The van der Waals surface area contributed by atoms with Crippen LogP contribution < -0.4 is 5.73 Å². The first kappa shape index (κ1) is 13.0. The van der Waals surface area contributed by atoms with Crippen LogP contribution in [0.25, 0.3) is 0 Å². The Morgan fingerprint density at radius 2 is 2.19 bits per heavy atom. The molecule has 0 spiro atoms. The fourth-order valence-corrected chi connectivity index (χ4v) is 2.41. The second kappa shape index (κ2) is 5.86. The van der Waals surface area contributed by atoms with Crippen LogP contribution in [-0.4, -0.2) is 29.0 Å². The maximum atomic E-state index is 8.60. The number of amidine groups is 1. The lowest BCUT2D eigenvalue weighted by Gasteiger charge is -2.22. The molecule has 0 radical (unpaired) electrons. The van der Waals surface area contributed by atoms with Gasteiger partial charge in [0.25, 0.3) is 0 Å². The molecule has 1 heterocycles. The summed E-state index contributed by atoms with van der Waals surface area (Å²) in [5.41, 5.74) is 5.56. The van der Waals surface area contributed by atoms with E-state index in [0.717, 1.165) is 13.0 Å². The summed E-state index contributed by atoms with van der Waals surface area (Å²) in [7, 11) is 1.97. The molecule has 1 unspecified atom stereocenters. The third-order valence-corrected chi connectivity index (χ3v) is 3.89. The highest BCUT2D eigenvalue weighted by Crippen LogP contribution is 2.18. The number of oxime groups is 1. The van der Waals surface area contributed by atoms with Gasteiger partial charge in [-0.1, -0.05) is 12.1 Å². The molecule has 0 aromatic carbocycles. The first-order valence-electron chi connectivity index (χ1n) is 5.33. The van der Waals surface area contributed by atoms with Gasteiger partial charge in [0.1, 0.15) is 0 Å². The molecule has 90 valence electrons. The Kier molecular flexibility index (Phi) is 4.76. The Morgan fingerprint density at radius 1 is 1.56 bits per heavy atom. The Morgan fingerprint density at radius 3 is 2.69 bits per heavy atom. The average Bonchev–Trinajstić information content (AvgIpc) is 2.74. The third-order valence-electron chi connectivity index (χ3n) is 2.68. The van der Waals surface area contributed by atoms with E-state index in [1.165, 1.54) is 9.75 Å². The van der Waals surface area contributed by atoms with E-state index in [1.54, 1.807) is 0 Å². The Bertz CT molecular complexity index is 362. The minimum atomic E-state index is -0.0582. The van der Waals surface area contributed by atoms with Crippen molar-refractivity contribution in [3.05, 3.63) is 21.9 Å². The smallest absolute Gasteiger partial charge is 0.156 e. The van der Waals surface area contributed by atoms with E-state index >= 15 is 0 Å². The van der Waals surface area contributed by atoms with Crippen molar-refractivity contribution in [2.75, 3.05) is 7.05 Å². The third kappa shape index (κ3) is 3.21. The maximum Gasteiger partial charge on any atom is 0.156 e. The fourth-order valence-electron chi connectivity index (χ4n) is 1.39. The molecular weight excluding hydrogens is 222 g/mol. The van der Waals surface area contributed by atoms with Gasteiger partial charge in [0.2, 0.25) is 0 Å². The van der Waals surface area contributed by atoms with E-state index in [1.807, 2.05) is 25.3 Å². The molecule has 4 nitrogen and oxygen atoms in total. The molecular formula is C11H19N3OS. The van der Waals surface area contributed by atoms with Gasteiger partial charge in [0, 0.05) is 16.3 Å². The Hall–Kier alpha value is -1.07. The summed E-state index contributed by atoms with van der Waals surface area (Å²) in [5.74, 6) is 0.245. The summed E-state index contributed by atoms with van der Waals surface area (Å²) in [5, 5.41) is 11.6. The zero-order chi connectivity index (χ0) is 12.1. The van der Waals surface area contributed by atoms with E-state index in [-0.39, 0.29) is 11.9 Å². The number of thiophene rings is 1. The fraction of sp³-hybridized carbons (Fsp3) is 0.545. The van der Waals surface area contributed by atoms with Crippen LogP contribution in [0.2, 0.25) is 0 Å².